The second kappa shape index (κ2) is 8.83. The summed E-state index contributed by atoms with van der Waals surface area (Å²) in [6.45, 7) is 4.79. The maximum Gasteiger partial charge on any atom is 0.184 e. The van der Waals surface area contributed by atoms with Crippen LogP contribution in [0.3, 0.4) is 0 Å². The molecule has 1 unspecified atom stereocenters. The molecule has 0 radical (unpaired) electrons. The van der Waals surface area contributed by atoms with Crippen molar-refractivity contribution in [3.05, 3.63) is 83.7 Å². The van der Waals surface area contributed by atoms with Gasteiger partial charge < -0.3 is 10.2 Å². The monoisotopic (exact) mass is 414 g/mol. The van der Waals surface area contributed by atoms with E-state index in [1.807, 2.05) is 42.6 Å². The molecule has 3 aliphatic heterocycles. The van der Waals surface area contributed by atoms with Crippen molar-refractivity contribution in [3.8, 4) is 0 Å². The van der Waals surface area contributed by atoms with E-state index in [2.05, 4.69) is 44.5 Å². The molecule has 2 aromatic carbocycles. The molecule has 1 atom stereocenters. The van der Waals surface area contributed by atoms with Crippen LogP contribution in [-0.2, 0) is 6.54 Å². The quantitative estimate of drug-likeness (QED) is 0.734. The number of hydrazone groups is 1. The van der Waals surface area contributed by atoms with E-state index in [1.165, 1.54) is 5.56 Å². The van der Waals surface area contributed by atoms with Gasteiger partial charge in [-0.2, -0.15) is 5.10 Å². The third-order valence-corrected chi connectivity index (χ3v) is 5.78. The molecule has 3 heterocycles. The maximum atomic E-state index is 12.7. The highest BCUT2D eigenvalue weighted by atomic mass is 16.1. The van der Waals surface area contributed by atoms with E-state index in [0.29, 0.717) is 5.56 Å². The average Bonchev–Trinajstić information content (AvgIpc) is 3.18. The summed E-state index contributed by atoms with van der Waals surface area (Å²) in [7, 11) is 0. The molecule has 1 fully saturated rings. The number of carbonyl (C=O) groups excluding carboxylic acids is 1. The maximum absolute atomic E-state index is 12.7. The molecule has 158 valence electrons. The van der Waals surface area contributed by atoms with Crippen LogP contribution in [0.2, 0.25) is 0 Å². The van der Waals surface area contributed by atoms with E-state index < -0.39 is 0 Å². The summed E-state index contributed by atoms with van der Waals surface area (Å²) in [5.74, 6) is 0.0428. The Labute approximate surface area is 182 Å². The predicted molar refractivity (Wildman–Crippen MR) is 122 cm³/mol. The lowest BCUT2D eigenvalue weighted by Crippen LogP contribution is -2.52. The second-order valence-corrected chi connectivity index (χ2v) is 7.91. The van der Waals surface area contributed by atoms with Crippen LogP contribution < -0.4 is 5.32 Å². The Morgan fingerprint density at radius 1 is 1.00 bits per heavy atom. The van der Waals surface area contributed by atoms with Gasteiger partial charge >= 0.3 is 0 Å². The summed E-state index contributed by atoms with van der Waals surface area (Å²) < 4.78 is 0. The van der Waals surface area contributed by atoms with Gasteiger partial charge in [0.1, 0.15) is 12.3 Å². The van der Waals surface area contributed by atoms with E-state index >= 15 is 0 Å². The Bertz CT molecular complexity index is 1010. The molecule has 1 N–H and O–H groups in total. The number of rotatable bonds is 6. The van der Waals surface area contributed by atoms with Crippen molar-refractivity contribution >= 4 is 17.7 Å². The Kier molecular flexibility index (Phi) is 5.60. The van der Waals surface area contributed by atoms with Crippen molar-refractivity contribution in [1.82, 2.24) is 20.1 Å². The van der Waals surface area contributed by atoms with Gasteiger partial charge in [0.2, 0.25) is 0 Å². The fourth-order valence-corrected chi connectivity index (χ4v) is 4.16. The van der Waals surface area contributed by atoms with Crippen molar-refractivity contribution in [2.24, 2.45) is 10.1 Å². The van der Waals surface area contributed by atoms with E-state index in [4.69, 9.17) is 4.99 Å². The Morgan fingerprint density at radius 3 is 2.45 bits per heavy atom. The zero-order valence-corrected chi connectivity index (χ0v) is 17.4. The molecule has 31 heavy (non-hydrogen) atoms. The number of nitrogens with one attached hydrogen (secondary N) is 1. The Hall–Kier alpha value is -3.29. The number of hydrogen-bond donors (Lipinski definition) is 1. The third kappa shape index (κ3) is 4.28. The predicted octanol–water partition coefficient (Wildman–Crippen LogP) is 2.16. The number of hydrogen-bond acceptors (Lipinski definition) is 7. The van der Waals surface area contributed by atoms with Crippen LogP contribution >= 0.6 is 0 Å². The highest BCUT2D eigenvalue weighted by molar-refractivity contribution is 6.39. The lowest BCUT2D eigenvalue weighted by Gasteiger charge is -2.37. The largest absolute Gasteiger partial charge is 0.330 e. The topological polar surface area (TPSA) is 63.5 Å². The summed E-state index contributed by atoms with van der Waals surface area (Å²) in [4.78, 5) is 22.4. The summed E-state index contributed by atoms with van der Waals surface area (Å²) in [5.41, 5.74) is 3.82. The molecule has 5 rings (SSSR count). The average molecular weight is 415 g/mol. The highest BCUT2D eigenvalue weighted by Gasteiger charge is 2.36. The van der Waals surface area contributed by atoms with Gasteiger partial charge in [-0.1, -0.05) is 60.7 Å². The standard InChI is InChI=1S/C24H26N6O/c31-23(20-9-5-2-6-10-20)18-29-17-22-21(15-26-29)27-24(28-13-11-25-12-14-28)30(22)16-19-7-3-1-4-8-19/h1-10,15,17,24-25H,11-14,16,18H2. The lowest BCUT2D eigenvalue weighted by atomic mass is 10.1. The highest BCUT2D eigenvalue weighted by Crippen LogP contribution is 2.28. The van der Waals surface area contributed by atoms with Gasteiger partial charge in [0.15, 0.2) is 12.1 Å². The SMILES string of the molecule is O=C(CN1C=C2C(=NC(N3CCNCC3)N2Cc2ccccc2)C=N1)c1ccccc1. The summed E-state index contributed by atoms with van der Waals surface area (Å²) in [6.07, 6.45) is 3.69. The number of carbonyl (C=O) groups is 1. The minimum absolute atomic E-state index is 0.0428. The molecule has 1 saturated heterocycles. The number of aliphatic imine (C=N–C) groups is 1. The van der Waals surface area contributed by atoms with Gasteiger partial charge in [0.25, 0.3) is 0 Å². The number of allylic oxidation sites excluding steroid dienone is 1. The van der Waals surface area contributed by atoms with Gasteiger partial charge in [0.05, 0.1) is 11.9 Å². The van der Waals surface area contributed by atoms with Gasteiger partial charge in [-0.15, -0.1) is 0 Å². The molecule has 3 aliphatic rings. The zero-order chi connectivity index (χ0) is 21.0. The molecule has 0 aromatic heterocycles. The fraction of sp³-hybridized carbons (Fsp3) is 0.292. The summed E-state index contributed by atoms with van der Waals surface area (Å²) >= 11 is 0. The first kappa shape index (κ1) is 19.7. The van der Waals surface area contributed by atoms with Crippen LogP contribution in [0.5, 0.6) is 0 Å². The number of fused-ring (bicyclic) bond motifs is 1. The van der Waals surface area contributed by atoms with Crippen LogP contribution in [0.4, 0.5) is 0 Å². The van der Waals surface area contributed by atoms with Crippen molar-refractivity contribution in [3.63, 3.8) is 0 Å². The van der Waals surface area contributed by atoms with E-state index in [-0.39, 0.29) is 18.6 Å². The molecule has 7 heteroatoms. The fourth-order valence-electron chi connectivity index (χ4n) is 4.16. The van der Waals surface area contributed by atoms with Gasteiger partial charge in [-0.05, 0) is 5.56 Å². The first-order chi connectivity index (χ1) is 15.3. The zero-order valence-electron chi connectivity index (χ0n) is 17.4. The second-order valence-electron chi connectivity index (χ2n) is 7.91. The molecule has 0 saturated carbocycles. The molecule has 2 aromatic rings. The molecule has 0 spiro atoms. The molecule has 0 amide bonds. The summed E-state index contributed by atoms with van der Waals surface area (Å²) in [6, 6.07) is 19.8. The van der Waals surface area contributed by atoms with Gasteiger partial charge in [-0.3, -0.25) is 14.7 Å². The number of nitrogens with zero attached hydrogens (tertiary/aromatic N) is 5. The number of piperazine rings is 1. The molecule has 0 aliphatic carbocycles. The smallest absolute Gasteiger partial charge is 0.184 e. The van der Waals surface area contributed by atoms with Crippen LogP contribution in [0, 0.1) is 0 Å². The third-order valence-electron chi connectivity index (χ3n) is 5.78. The van der Waals surface area contributed by atoms with Crippen molar-refractivity contribution in [1.29, 1.82) is 0 Å². The van der Waals surface area contributed by atoms with Crippen LogP contribution in [0.25, 0.3) is 0 Å². The Morgan fingerprint density at radius 2 is 1.71 bits per heavy atom. The molecule has 0 bridgehead atoms. The Balaban J connectivity index is 1.39. The van der Waals surface area contributed by atoms with Crippen molar-refractivity contribution in [2.75, 3.05) is 32.7 Å². The molecule has 7 nitrogen and oxygen atoms in total. The van der Waals surface area contributed by atoms with E-state index in [9.17, 15) is 4.79 Å². The van der Waals surface area contributed by atoms with E-state index in [0.717, 1.165) is 44.1 Å². The molecular weight excluding hydrogens is 388 g/mol. The number of benzene rings is 2. The van der Waals surface area contributed by atoms with Crippen molar-refractivity contribution in [2.45, 2.75) is 12.8 Å². The normalized spacial score (nSPS) is 21.0. The van der Waals surface area contributed by atoms with E-state index in [1.54, 1.807) is 11.2 Å². The van der Waals surface area contributed by atoms with Crippen LogP contribution in [0.15, 0.2) is 82.7 Å². The minimum Gasteiger partial charge on any atom is -0.330 e. The number of ketones is 1. The molecular formula is C24H26N6O. The summed E-state index contributed by atoms with van der Waals surface area (Å²) in [5, 5.41) is 9.62. The van der Waals surface area contributed by atoms with Crippen LogP contribution in [-0.4, -0.2) is 71.5 Å². The number of Topliss-reactive ketones (excluding diaryl/α,β-unsaturated/α-hetero) is 1. The first-order valence-corrected chi connectivity index (χ1v) is 10.7. The van der Waals surface area contributed by atoms with Crippen molar-refractivity contribution < 1.29 is 4.79 Å². The lowest BCUT2D eigenvalue weighted by molar-refractivity contribution is 0.0700. The van der Waals surface area contributed by atoms with Gasteiger partial charge in [0, 0.05) is 44.5 Å². The van der Waals surface area contributed by atoms with Crippen LogP contribution in [0.1, 0.15) is 15.9 Å². The van der Waals surface area contributed by atoms with Gasteiger partial charge in [-0.25, -0.2) is 4.99 Å². The minimum atomic E-state index is -0.0558. The first-order valence-electron chi connectivity index (χ1n) is 10.7.